The third kappa shape index (κ3) is 3.28. The number of nitrogens with zero attached hydrogens (tertiary/aromatic N) is 2. The highest BCUT2D eigenvalue weighted by atomic mass is 32.1. The van der Waals surface area contributed by atoms with E-state index in [-0.39, 0.29) is 18.0 Å². The van der Waals surface area contributed by atoms with Gasteiger partial charge < -0.3 is 4.74 Å². The highest BCUT2D eigenvalue weighted by molar-refractivity contribution is 7.15. The van der Waals surface area contributed by atoms with E-state index in [1.54, 1.807) is 22.6 Å². The molecule has 2 aromatic heterocycles. The van der Waals surface area contributed by atoms with Crippen molar-refractivity contribution in [1.82, 2.24) is 9.38 Å². The molecule has 0 amide bonds. The Labute approximate surface area is 169 Å². The standard InChI is InChI=1S/C23H15FN2O2S/c24-18-9-2-1-7-16(18)14-28-17-8-5-6-15(12-17)13-21-22(27)26-20-11-4-3-10-19(20)25-23(26)29-21/h1-13H,14H2/b21-13-. The van der Waals surface area contributed by atoms with Crippen LogP contribution in [-0.4, -0.2) is 9.38 Å². The van der Waals surface area contributed by atoms with E-state index < -0.39 is 0 Å². The van der Waals surface area contributed by atoms with Crippen molar-refractivity contribution in [3.63, 3.8) is 0 Å². The van der Waals surface area contributed by atoms with E-state index >= 15 is 0 Å². The SMILES string of the molecule is O=c1/c(=C/c2cccc(OCc3ccccc3F)c2)sc2nc3ccccc3n12. The Balaban J connectivity index is 1.48. The summed E-state index contributed by atoms with van der Waals surface area (Å²) in [6, 6.07) is 21.5. The summed E-state index contributed by atoms with van der Waals surface area (Å²) in [5.41, 5.74) is 2.87. The first-order valence-electron chi connectivity index (χ1n) is 9.07. The van der Waals surface area contributed by atoms with E-state index in [1.165, 1.54) is 17.4 Å². The number of hydrogen-bond acceptors (Lipinski definition) is 4. The second kappa shape index (κ2) is 7.14. The van der Waals surface area contributed by atoms with Gasteiger partial charge in [0.2, 0.25) is 0 Å². The van der Waals surface area contributed by atoms with Crippen LogP contribution in [0.2, 0.25) is 0 Å². The van der Waals surface area contributed by atoms with Crippen molar-refractivity contribution in [2.45, 2.75) is 6.61 Å². The van der Waals surface area contributed by atoms with Crippen LogP contribution in [0.5, 0.6) is 5.75 Å². The van der Waals surface area contributed by atoms with Crippen LogP contribution in [0.25, 0.3) is 22.1 Å². The van der Waals surface area contributed by atoms with Gasteiger partial charge in [-0.3, -0.25) is 4.79 Å². The maximum Gasteiger partial charge on any atom is 0.274 e. The molecule has 29 heavy (non-hydrogen) atoms. The maximum absolute atomic E-state index is 13.8. The van der Waals surface area contributed by atoms with Crippen LogP contribution in [0.1, 0.15) is 11.1 Å². The van der Waals surface area contributed by atoms with Crippen LogP contribution in [0.15, 0.2) is 77.6 Å². The van der Waals surface area contributed by atoms with Gasteiger partial charge in [-0.2, -0.15) is 0 Å². The van der Waals surface area contributed by atoms with E-state index in [9.17, 15) is 9.18 Å². The average Bonchev–Trinajstić information content (AvgIpc) is 3.24. The van der Waals surface area contributed by atoms with Gasteiger partial charge in [0.05, 0.1) is 15.6 Å². The monoisotopic (exact) mass is 402 g/mol. The minimum atomic E-state index is -0.291. The first kappa shape index (κ1) is 17.6. The summed E-state index contributed by atoms with van der Waals surface area (Å²) < 4.78 is 21.7. The van der Waals surface area contributed by atoms with Gasteiger partial charge in [-0.15, -0.1) is 0 Å². The van der Waals surface area contributed by atoms with Gasteiger partial charge in [0.15, 0.2) is 4.96 Å². The average molecular weight is 402 g/mol. The molecular formula is C23H15FN2O2S. The van der Waals surface area contributed by atoms with Crippen molar-refractivity contribution in [3.8, 4) is 5.75 Å². The highest BCUT2D eigenvalue weighted by Crippen LogP contribution is 2.18. The lowest BCUT2D eigenvalue weighted by atomic mass is 10.2. The summed E-state index contributed by atoms with van der Waals surface area (Å²) >= 11 is 1.36. The van der Waals surface area contributed by atoms with Crippen molar-refractivity contribution in [1.29, 1.82) is 0 Å². The molecule has 0 aliphatic carbocycles. The number of fused-ring (bicyclic) bond motifs is 3. The molecule has 0 radical (unpaired) electrons. The van der Waals surface area contributed by atoms with Crippen LogP contribution >= 0.6 is 11.3 Å². The first-order valence-corrected chi connectivity index (χ1v) is 9.89. The molecule has 0 fully saturated rings. The Morgan fingerprint density at radius 3 is 2.76 bits per heavy atom. The minimum absolute atomic E-state index is 0.0867. The summed E-state index contributed by atoms with van der Waals surface area (Å²) in [5.74, 6) is 0.321. The molecule has 3 aromatic carbocycles. The molecule has 0 spiro atoms. The van der Waals surface area contributed by atoms with Crippen LogP contribution in [0, 0.1) is 5.82 Å². The molecule has 0 saturated heterocycles. The molecule has 0 N–H and O–H groups in total. The predicted octanol–water partition coefficient (Wildman–Crippen LogP) is 4.18. The van der Waals surface area contributed by atoms with Crippen molar-refractivity contribution < 1.29 is 9.13 Å². The zero-order chi connectivity index (χ0) is 19.8. The van der Waals surface area contributed by atoms with Crippen molar-refractivity contribution in [2.75, 3.05) is 0 Å². The number of ether oxygens (including phenoxy) is 1. The van der Waals surface area contributed by atoms with E-state index in [1.807, 2.05) is 54.6 Å². The normalized spacial score (nSPS) is 12.1. The number of imidazole rings is 1. The largest absolute Gasteiger partial charge is 0.489 e. The summed E-state index contributed by atoms with van der Waals surface area (Å²) in [4.78, 5) is 18.1. The molecule has 0 bridgehead atoms. The van der Waals surface area contributed by atoms with Crippen molar-refractivity contribution in [3.05, 3.63) is 105 Å². The van der Waals surface area contributed by atoms with Gasteiger partial charge >= 0.3 is 0 Å². The smallest absolute Gasteiger partial charge is 0.274 e. The van der Waals surface area contributed by atoms with Gasteiger partial charge in [-0.25, -0.2) is 13.8 Å². The van der Waals surface area contributed by atoms with Crippen LogP contribution < -0.4 is 14.8 Å². The summed E-state index contributed by atoms with van der Waals surface area (Å²) in [6.07, 6.45) is 1.83. The van der Waals surface area contributed by atoms with E-state index in [0.717, 1.165) is 16.6 Å². The van der Waals surface area contributed by atoms with Gasteiger partial charge in [-0.05, 0) is 42.0 Å². The molecule has 5 rings (SSSR count). The molecule has 0 aliphatic rings. The number of thiazole rings is 1. The quantitative estimate of drug-likeness (QED) is 0.453. The number of aromatic nitrogens is 2. The Morgan fingerprint density at radius 2 is 1.86 bits per heavy atom. The second-order valence-corrected chi connectivity index (χ2v) is 7.60. The zero-order valence-electron chi connectivity index (χ0n) is 15.2. The first-order chi connectivity index (χ1) is 14.2. The van der Waals surface area contributed by atoms with Gasteiger partial charge in [0.1, 0.15) is 18.2 Å². The molecule has 0 atom stereocenters. The number of benzene rings is 3. The van der Waals surface area contributed by atoms with Crippen molar-refractivity contribution >= 4 is 33.4 Å². The third-order valence-electron chi connectivity index (χ3n) is 4.65. The topological polar surface area (TPSA) is 43.6 Å². The molecule has 0 saturated carbocycles. The number of halogens is 1. The molecule has 0 aliphatic heterocycles. The van der Waals surface area contributed by atoms with Crippen LogP contribution in [0.3, 0.4) is 0 Å². The maximum atomic E-state index is 13.8. The lowest BCUT2D eigenvalue weighted by Gasteiger charge is -2.07. The summed E-state index contributed by atoms with van der Waals surface area (Å²) in [5, 5.41) is 0. The van der Waals surface area contributed by atoms with E-state index in [0.29, 0.717) is 20.8 Å². The third-order valence-corrected chi connectivity index (χ3v) is 5.62. The van der Waals surface area contributed by atoms with Crippen molar-refractivity contribution in [2.24, 2.45) is 0 Å². The second-order valence-electron chi connectivity index (χ2n) is 6.59. The Kier molecular flexibility index (Phi) is 4.33. The lowest BCUT2D eigenvalue weighted by molar-refractivity contribution is 0.300. The molecule has 4 nitrogen and oxygen atoms in total. The van der Waals surface area contributed by atoms with Gasteiger partial charge in [-0.1, -0.05) is 53.8 Å². The Hall–Kier alpha value is -3.51. The minimum Gasteiger partial charge on any atom is -0.489 e. The number of rotatable bonds is 4. The fourth-order valence-corrected chi connectivity index (χ4v) is 4.22. The summed E-state index contributed by atoms with van der Waals surface area (Å²) in [7, 11) is 0. The lowest BCUT2D eigenvalue weighted by Crippen LogP contribution is -2.22. The molecule has 2 heterocycles. The van der Waals surface area contributed by atoms with E-state index in [4.69, 9.17) is 4.74 Å². The van der Waals surface area contributed by atoms with Gasteiger partial charge in [0, 0.05) is 5.56 Å². The molecular weight excluding hydrogens is 387 g/mol. The number of hydrogen-bond donors (Lipinski definition) is 0. The van der Waals surface area contributed by atoms with Crippen LogP contribution in [-0.2, 0) is 6.61 Å². The molecule has 5 aromatic rings. The predicted molar refractivity (Wildman–Crippen MR) is 113 cm³/mol. The number of para-hydroxylation sites is 2. The fourth-order valence-electron chi connectivity index (χ4n) is 3.23. The van der Waals surface area contributed by atoms with E-state index in [2.05, 4.69) is 4.98 Å². The zero-order valence-corrected chi connectivity index (χ0v) is 16.0. The fraction of sp³-hybridized carbons (Fsp3) is 0.0435. The summed E-state index contributed by atoms with van der Waals surface area (Å²) in [6.45, 7) is 0.141. The Morgan fingerprint density at radius 1 is 1.03 bits per heavy atom. The molecule has 142 valence electrons. The Bertz CT molecular complexity index is 1460. The molecule has 0 unspecified atom stereocenters. The molecule has 6 heteroatoms. The van der Waals surface area contributed by atoms with Gasteiger partial charge in [0.25, 0.3) is 5.56 Å². The van der Waals surface area contributed by atoms with Crippen LogP contribution in [0.4, 0.5) is 4.39 Å². The highest BCUT2D eigenvalue weighted by Gasteiger charge is 2.10.